The number of carbonyl (C=O) groups is 1. The summed E-state index contributed by atoms with van der Waals surface area (Å²) in [5.41, 5.74) is 0.898. The van der Waals surface area contributed by atoms with Gasteiger partial charge in [0.1, 0.15) is 11.6 Å². The minimum Gasteiger partial charge on any atom is -0.453 e. The topological polar surface area (TPSA) is 79.6 Å². The van der Waals surface area contributed by atoms with Gasteiger partial charge in [0.25, 0.3) is 5.91 Å². The second kappa shape index (κ2) is 10.7. The molecule has 1 aromatic heterocycles. The molecule has 0 fully saturated rings. The van der Waals surface area contributed by atoms with Crippen LogP contribution in [0.25, 0.3) is 10.9 Å². The number of halogens is 2. The van der Waals surface area contributed by atoms with Crippen LogP contribution in [0.1, 0.15) is 30.6 Å². The van der Waals surface area contributed by atoms with E-state index < -0.39 is 23.6 Å². The molecule has 2 aromatic carbocycles. The monoisotopic (exact) mass is 460 g/mol. The second-order valence-corrected chi connectivity index (χ2v) is 8.75. The van der Waals surface area contributed by atoms with Crippen molar-refractivity contribution in [3.8, 4) is 11.5 Å². The third-order valence-electron chi connectivity index (χ3n) is 5.12. The van der Waals surface area contributed by atoms with Gasteiger partial charge in [-0.05, 0) is 57.2 Å². The Hall–Kier alpha value is -3.04. The number of amides is 1. The van der Waals surface area contributed by atoms with Gasteiger partial charge in [0.2, 0.25) is 0 Å². The van der Waals surface area contributed by atoms with Gasteiger partial charge >= 0.3 is 0 Å². The third-order valence-corrected chi connectivity index (χ3v) is 5.12. The maximum absolute atomic E-state index is 14.3. The predicted octanol–water partition coefficient (Wildman–Crippen LogP) is 3.81. The Morgan fingerprint density at radius 3 is 2.61 bits per heavy atom. The molecule has 0 saturated carbocycles. The highest BCUT2D eigenvalue weighted by atomic mass is 19.1. The molecule has 3 rings (SSSR count). The molecule has 0 aliphatic rings. The summed E-state index contributed by atoms with van der Waals surface area (Å²) in [6, 6.07) is 5.78. The number of hydrogen-bond acceptors (Lipinski definition) is 5. The first-order chi connectivity index (χ1) is 15.7. The molecule has 1 amide bonds. The zero-order valence-electron chi connectivity index (χ0n) is 19.3. The first-order valence-corrected chi connectivity index (χ1v) is 10.9. The number of nitrogens with zero attached hydrogens (tertiary/aromatic N) is 3. The van der Waals surface area contributed by atoms with Crippen LogP contribution in [0.5, 0.6) is 11.5 Å². The maximum Gasteiger partial charge on any atom is 0.255 e. The molecule has 0 radical (unpaired) electrons. The number of fused-ring (bicyclic) bond motifs is 1. The molecule has 0 aliphatic carbocycles. The predicted molar refractivity (Wildman–Crippen MR) is 123 cm³/mol. The number of nitrogens with one attached hydrogen (secondary N) is 1. The lowest BCUT2D eigenvalue weighted by molar-refractivity contribution is 0.0907. The Morgan fingerprint density at radius 2 is 1.97 bits per heavy atom. The molecular formula is C24H30F2N4O3. The molecule has 3 aromatic rings. The van der Waals surface area contributed by atoms with Gasteiger partial charge in [-0.25, -0.2) is 8.78 Å². The first kappa shape index (κ1) is 24.6. The van der Waals surface area contributed by atoms with Crippen LogP contribution in [0.2, 0.25) is 0 Å². The zero-order chi connectivity index (χ0) is 24.1. The van der Waals surface area contributed by atoms with Crippen molar-refractivity contribution in [2.75, 3.05) is 27.2 Å². The summed E-state index contributed by atoms with van der Waals surface area (Å²) in [7, 11) is 3.81. The van der Waals surface area contributed by atoms with E-state index in [2.05, 4.69) is 24.3 Å². The van der Waals surface area contributed by atoms with Crippen LogP contribution >= 0.6 is 0 Å². The molecule has 0 spiro atoms. The fraction of sp³-hybridized carbons (Fsp3) is 0.417. The van der Waals surface area contributed by atoms with E-state index in [1.807, 2.05) is 19.0 Å². The van der Waals surface area contributed by atoms with Gasteiger partial charge in [0.05, 0.1) is 29.9 Å². The fourth-order valence-electron chi connectivity index (χ4n) is 3.42. The lowest BCUT2D eigenvalue weighted by Crippen LogP contribution is -2.39. The minimum absolute atomic E-state index is 0.110. The summed E-state index contributed by atoms with van der Waals surface area (Å²) in [5.74, 6) is -1.83. The highest BCUT2D eigenvalue weighted by Crippen LogP contribution is 2.32. The lowest BCUT2D eigenvalue weighted by Gasteiger charge is -2.20. The minimum atomic E-state index is -0.879. The molecule has 9 heteroatoms. The molecule has 0 aliphatic heterocycles. The highest BCUT2D eigenvalue weighted by Gasteiger charge is 2.21. The summed E-state index contributed by atoms with van der Waals surface area (Å²) in [5, 5.41) is 17.7. The van der Waals surface area contributed by atoms with E-state index >= 15 is 0 Å². The van der Waals surface area contributed by atoms with Crippen molar-refractivity contribution in [3.63, 3.8) is 0 Å². The van der Waals surface area contributed by atoms with E-state index in [9.17, 15) is 18.7 Å². The molecule has 1 atom stereocenters. The van der Waals surface area contributed by atoms with Crippen molar-refractivity contribution in [3.05, 3.63) is 53.7 Å². The smallest absolute Gasteiger partial charge is 0.255 e. The summed E-state index contributed by atoms with van der Waals surface area (Å²) in [4.78, 5) is 15.2. The Morgan fingerprint density at radius 1 is 1.21 bits per heavy atom. The largest absolute Gasteiger partial charge is 0.453 e. The lowest BCUT2D eigenvalue weighted by atomic mass is 10.1. The van der Waals surface area contributed by atoms with E-state index in [0.29, 0.717) is 25.4 Å². The van der Waals surface area contributed by atoms with Crippen LogP contribution in [0.3, 0.4) is 0 Å². The van der Waals surface area contributed by atoms with E-state index in [0.717, 1.165) is 23.0 Å². The summed E-state index contributed by atoms with van der Waals surface area (Å²) in [6.07, 6.45) is 2.20. The average Bonchev–Trinajstić information content (AvgIpc) is 3.13. The van der Waals surface area contributed by atoms with E-state index in [-0.39, 0.29) is 23.7 Å². The van der Waals surface area contributed by atoms with Crippen molar-refractivity contribution < 1.29 is 23.4 Å². The molecular weight excluding hydrogens is 430 g/mol. The highest BCUT2D eigenvalue weighted by molar-refractivity contribution is 6.01. The van der Waals surface area contributed by atoms with Gasteiger partial charge in [0.15, 0.2) is 11.6 Å². The quantitative estimate of drug-likeness (QED) is 0.481. The number of ether oxygens (including phenoxy) is 1. The van der Waals surface area contributed by atoms with Crippen molar-refractivity contribution in [1.82, 2.24) is 20.0 Å². The van der Waals surface area contributed by atoms with Crippen LogP contribution in [0.4, 0.5) is 8.78 Å². The zero-order valence-corrected chi connectivity index (χ0v) is 19.3. The molecule has 178 valence electrons. The van der Waals surface area contributed by atoms with Crippen molar-refractivity contribution in [1.29, 1.82) is 0 Å². The molecule has 1 heterocycles. The fourth-order valence-corrected chi connectivity index (χ4v) is 3.42. The Balaban J connectivity index is 2.00. The van der Waals surface area contributed by atoms with Crippen LogP contribution in [-0.2, 0) is 6.54 Å². The number of hydrogen-bond donors (Lipinski definition) is 2. The van der Waals surface area contributed by atoms with Crippen LogP contribution in [0, 0.1) is 17.6 Å². The number of aromatic nitrogens is 2. The van der Waals surface area contributed by atoms with Crippen LogP contribution < -0.4 is 10.1 Å². The number of carbonyl (C=O) groups excluding carboxylic acids is 1. The van der Waals surface area contributed by atoms with Gasteiger partial charge in [-0.15, -0.1) is 0 Å². The van der Waals surface area contributed by atoms with Crippen molar-refractivity contribution >= 4 is 16.8 Å². The molecule has 33 heavy (non-hydrogen) atoms. The van der Waals surface area contributed by atoms with Crippen LogP contribution in [0.15, 0.2) is 36.5 Å². The standard InChI is InChI=1S/C24H30F2N4O3/c1-15(2)13-30-21-11-19(24(32)28-18(14-31)7-8-29(3)4)23(9-16(21)12-27-30)33-22-6-5-17(25)10-20(22)26/h5-6,9-12,15,18,31H,7-8,13-14H2,1-4H3,(H,28,32)/t18-/m0/s1. The Labute approximate surface area is 192 Å². The second-order valence-electron chi connectivity index (χ2n) is 8.75. The van der Waals surface area contributed by atoms with Crippen molar-refractivity contribution in [2.24, 2.45) is 5.92 Å². The molecule has 0 saturated heterocycles. The Kier molecular flexibility index (Phi) is 7.99. The number of benzene rings is 2. The molecule has 0 bridgehead atoms. The summed E-state index contributed by atoms with van der Waals surface area (Å²) < 4.78 is 35.1. The average molecular weight is 461 g/mol. The molecule has 2 N–H and O–H groups in total. The molecule has 0 unspecified atom stereocenters. The molecule has 7 nitrogen and oxygen atoms in total. The number of aliphatic hydroxyl groups excluding tert-OH is 1. The first-order valence-electron chi connectivity index (χ1n) is 10.9. The van der Waals surface area contributed by atoms with Gasteiger partial charge in [-0.2, -0.15) is 5.10 Å². The van der Waals surface area contributed by atoms with E-state index in [1.165, 1.54) is 6.07 Å². The maximum atomic E-state index is 14.3. The SMILES string of the molecule is CC(C)Cn1ncc2cc(Oc3ccc(F)cc3F)c(C(=O)N[C@H](CO)CCN(C)C)cc21. The van der Waals surface area contributed by atoms with E-state index in [4.69, 9.17) is 4.74 Å². The van der Waals surface area contributed by atoms with Gasteiger partial charge in [-0.1, -0.05) is 13.8 Å². The van der Waals surface area contributed by atoms with E-state index in [1.54, 1.807) is 23.0 Å². The summed E-state index contributed by atoms with van der Waals surface area (Å²) >= 11 is 0. The summed E-state index contributed by atoms with van der Waals surface area (Å²) in [6.45, 7) is 5.23. The van der Waals surface area contributed by atoms with Gasteiger partial charge in [0, 0.05) is 18.0 Å². The van der Waals surface area contributed by atoms with Gasteiger partial charge in [-0.3, -0.25) is 9.48 Å². The number of aliphatic hydroxyl groups is 1. The van der Waals surface area contributed by atoms with Crippen molar-refractivity contribution in [2.45, 2.75) is 32.9 Å². The normalized spacial score (nSPS) is 12.5. The number of rotatable bonds is 10. The third kappa shape index (κ3) is 6.27. The Bertz CT molecular complexity index is 1110. The van der Waals surface area contributed by atoms with Gasteiger partial charge < -0.3 is 20.1 Å². The van der Waals surface area contributed by atoms with Crippen LogP contribution in [-0.4, -0.2) is 59.0 Å².